The van der Waals surface area contributed by atoms with E-state index >= 15 is 0 Å². The Bertz CT molecular complexity index is 565. The quantitative estimate of drug-likeness (QED) is 0.781. The van der Waals surface area contributed by atoms with Gasteiger partial charge in [0, 0.05) is 12.1 Å². The Morgan fingerprint density at radius 3 is 2.63 bits per heavy atom. The van der Waals surface area contributed by atoms with Gasteiger partial charge in [0.15, 0.2) is 5.69 Å². The number of nitrogens with one attached hydrogen (secondary N) is 2. The van der Waals surface area contributed by atoms with Crippen molar-refractivity contribution in [3.8, 4) is 11.3 Å². The van der Waals surface area contributed by atoms with Crippen molar-refractivity contribution < 1.29 is 0 Å². The van der Waals surface area contributed by atoms with Gasteiger partial charge in [0.2, 0.25) is 5.95 Å². The molecule has 5 nitrogen and oxygen atoms in total. The molecule has 1 aromatic carbocycles. The van der Waals surface area contributed by atoms with Crippen LogP contribution in [-0.2, 0) is 0 Å². The van der Waals surface area contributed by atoms with Gasteiger partial charge in [0.25, 0.3) is 5.56 Å². The predicted molar refractivity (Wildman–Crippen MR) is 76.1 cm³/mol. The molecule has 0 amide bonds. The lowest BCUT2D eigenvalue weighted by molar-refractivity contribution is 0.738. The van der Waals surface area contributed by atoms with Crippen LogP contribution in [0.5, 0.6) is 0 Å². The summed E-state index contributed by atoms with van der Waals surface area (Å²) in [5, 5.41) is 11.1. The van der Waals surface area contributed by atoms with Gasteiger partial charge in [-0.1, -0.05) is 50.1 Å². The van der Waals surface area contributed by atoms with Crippen LogP contribution in [0, 0.1) is 0 Å². The maximum absolute atomic E-state index is 11.9. The zero-order valence-electron chi connectivity index (χ0n) is 11.0. The molecule has 0 atom stereocenters. The van der Waals surface area contributed by atoms with Gasteiger partial charge in [-0.2, -0.15) is 0 Å². The van der Waals surface area contributed by atoms with Gasteiger partial charge >= 0.3 is 0 Å². The molecule has 19 heavy (non-hydrogen) atoms. The second kappa shape index (κ2) is 6.68. The van der Waals surface area contributed by atoms with Crippen LogP contribution in [0.25, 0.3) is 11.3 Å². The molecule has 0 saturated carbocycles. The molecule has 0 spiro atoms. The lowest BCUT2D eigenvalue weighted by atomic mass is 10.2. The van der Waals surface area contributed by atoms with Gasteiger partial charge in [-0.05, 0) is 6.42 Å². The molecular weight excluding hydrogens is 240 g/mol. The van der Waals surface area contributed by atoms with Crippen LogP contribution in [0.1, 0.15) is 26.2 Å². The van der Waals surface area contributed by atoms with Gasteiger partial charge in [-0.15, -0.1) is 10.2 Å². The second-order valence-electron chi connectivity index (χ2n) is 4.35. The van der Waals surface area contributed by atoms with Crippen LogP contribution in [0.15, 0.2) is 35.1 Å². The highest BCUT2D eigenvalue weighted by Crippen LogP contribution is 2.10. The van der Waals surface area contributed by atoms with Gasteiger partial charge < -0.3 is 5.32 Å². The number of hydrogen-bond acceptors (Lipinski definition) is 4. The van der Waals surface area contributed by atoms with Gasteiger partial charge in [-0.25, -0.2) is 0 Å². The Labute approximate surface area is 112 Å². The first-order valence-corrected chi connectivity index (χ1v) is 6.57. The van der Waals surface area contributed by atoms with Crippen molar-refractivity contribution in [3.05, 3.63) is 40.7 Å². The molecular formula is C14H18N4O. The highest BCUT2D eigenvalue weighted by Gasteiger charge is 2.06. The summed E-state index contributed by atoms with van der Waals surface area (Å²) in [6, 6.07) is 9.32. The largest absolute Gasteiger partial charge is 0.354 e. The van der Waals surface area contributed by atoms with Crippen molar-refractivity contribution in [2.45, 2.75) is 26.2 Å². The van der Waals surface area contributed by atoms with E-state index in [1.165, 1.54) is 0 Å². The number of unbranched alkanes of at least 4 members (excludes halogenated alkanes) is 2. The monoisotopic (exact) mass is 258 g/mol. The van der Waals surface area contributed by atoms with E-state index in [9.17, 15) is 4.79 Å². The Morgan fingerprint density at radius 2 is 1.95 bits per heavy atom. The lowest BCUT2D eigenvalue weighted by Gasteiger charge is -2.04. The van der Waals surface area contributed by atoms with Crippen molar-refractivity contribution in [2.75, 3.05) is 11.9 Å². The Morgan fingerprint density at radius 1 is 1.16 bits per heavy atom. The Kier molecular flexibility index (Phi) is 4.66. The van der Waals surface area contributed by atoms with E-state index in [0.717, 1.165) is 31.4 Å². The van der Waals surface area contributed by atoms with Crippen molar-refractivity contribution in [1.82, 2.24) is 15.2 Å². The average molecular weight is 258 g/mol. The smallest absolute Gasteiger partial charge is 0.279 e. The Hall–Kier alpha value is -2.17. The molecule has 0 saturated heterocycles. The fourth-order valence-corrected chi connectivity index (χ4v) is 1.78. The van der Waals surface area contributed by atoms with Crippen LogP contribution >= 0.6 is 0 Å². The van der Waals surface area contributed by atoms with Gasteiger partial charge in [0.1, 0.15) is 0 Å². The van der Waals surface area contributed by atoms with Gasteiger partial charge in [-0.3, -0.25) is 9.78 Å². The summed E-state index contributed by atoms with van der Waals surface area (Å²) in [7, 11) is 0. The minimum absolute atomic E-state index is 0.223. The minimum Gasteiger partial charge on any atom is -0.354 e. The third-order valence-electron chi connectivity index (χ3n) is 2.82. The molecule has 0 fully saturated rings. The molecule has 0 radical (unpaired) electrons. The molecule has 0 unspecified atom stereocenters. The number of hydrogen-bond donors (Lipinski definition) is 2. The third kappa shape index (κ3) is 3.64. The maximum atomic E-state index is 11.9. The van der Waals surface area contributed by atoms with Crippen LogP contribution < -0.4 is 10.9 Å². The maximum Gasteiger partial charge on any atom is 0.279 e. The van der Waals surface area contributed by atoms with E-state index in [4.69, 9.17) is 0 Å². The molecule has 2 aromatic rings. The normalized spacial score (nSPS) is 10.4. The summed E-state index contributed by atoms with van der Waals surface area (Å²) >= 11 is 0. The van der Waals surface area contributed by atoms with Gasteiger partial charge in [0.05, 0.1) is 0 Å². The van der Waals surface area contributed by atoms with Crippen molar-refractivity contribution >= 4 is 5.95 Å². The van der Waals surface area contributed by atoms with Crippen molar-refractivity contribution in [2.24, 2.45) is 0 Å². The van der Waals surface area contributed by atoms with Crippen LogP contribution in [0.3, 0.4) is 0 Å². The summed E-state index contributed by atoms with van der Waals surface area (Å²) in [5.74, 6) is 0.431. The Balaban J connectivity index is 2.08. The number of anilines is 1. The van der Waals surface area contributed by atoms with Crippen molar-refractivity contribution in [1.29, 1.82) is 0 Å². The number of benzene rings is 1. The lowest BCUT2D eigenvalue weighted by Crippen LogP contribution is -2.17. The van der Waals surface area contributed by atoms with E-state index in [1.54, 1.807) is 0 Å². The molecule has 0 aliphatic carbocycles. The zero-order valence-corrected chi connectivity index (χ0v) is 11.0. The fourth-order valence-electron chi connectivity index (χ4n) is 1.78. The molecule has 0 bridgehead atoms. The van der Waals surface area contributed by atoms with Crippen LogP contribution in [-0.4, -0.2) is 21.7 Å². The minimum atomic E-state index is -0.223. The highest BCUT2D eigenvalue weighted by atomic mass is 16.1. The number of H-pyrrole nitrogens is 1. The molecule has 2 N–H and O–H groups in total. The van der Waals surface area contributed by atoms with Crippen LogP contribution in [0.2, 0.25) is 0 Å². The average Bonchev–Trinajstić information content (AvgIpc) is 2.45. The first kappa shape index (κ1) is 13.3. The first-order valence-electron chi connectivity index (χ1n) is 6.57. The first-order chi connectivity index (χ1) is 9.31. The standard InChI is InChI=1S/C14H18N4O/c1-2-3-7-10-15-14-16-13(19)12(17-18-14)11-8-5-4-6-9-11/h4-6,8-9H,2-3,7,10H2,1H3,(H2,15,16,18,19). The molecule has 1 heterocycles. The highest BCUT2D eigenvalue weighted by molar-refractivity contribution is 5.57. The molecule has 1 aromatic heterocycles. The third-order valence-corrected chi connectivity index (χ3v) is 2.82. The zero-order chi connectivity index (χ0) is 13.5. The number of aromatic amines is 1. The van der Waals surface area contributed by atoms with E-state index < -0.39 is 0 Å². The van der Waals surface area contributed by atoms with Crippen LogP contribution in [0.4, 0.5) is 5.95 Å². The number of rotatable bonds is 6. The van der Waals surface area contributed by atoms with E-state index in [1.807, 2.05) is 30.3 Å². The van der Waals surface area contributed by atoms with Crippen molar-refractivity contribution in [3.63, 3.8) is 0 Å². The predicted octanol–water partition coefficient (Wildman–Crippen LogP) is 2.43. The SMILES string of the molecule is CCCCCNc1nnc(-c2ccccc2)c(=O)[nH]1. The second-order valence-corrected chi connectivity index (χ2v) is 4.35. The number of nitrogens with zero attached hydrogens (tertiary/aromatic N) is 2. The van der Waals surface area contributed by atoms with E-state index in [0.29, 0.717) is 11.6 Å². The summed E-state index contributed by atoms with van der Waals surface area (Å²) in [4.78, 5) is 14.6. The molecule has 2 rings (SSSR count). The number of aromatic nitrogens is 3. The molecule has 100 valence electrons. The molecule has 5 heteroatoms. The molecule has 0 aliphatic rings. The summed E-state index contributed by atoms with van der Waals surface area (Å²) in [6.07, 6.45) is 3.38. The van der Waals surface area contributed by atoms with E-state index in [2.05, 4.69) is 27.4 Å². The molecule has 0 aliphatic heterocycles. The van der Waals surface area contributed by atoms with E-state index in [-0.39, 0.29) is 5.56 Å². The topological polar surface area (TPSA) is 70.7 Å². The summed E-state index contributed by atoms with van der Waals surface area (Å²) in [6.45, 7) is 2.94. The summed E-state index contributed by atoms with van der Waals surface area (Å²) in [5.41, 5.74) is 0.896. The fraction of sp³-hybridized carbons (Fsp3) is 0.357. The summed E-state index contributed by atoms with van der Waals surface area (Å²) < 4.78 is 0.